The molecule has 1 fully saturated rings. The van der Waals surface area contributed by atoms with E-state index in [0.717, 1.165) is 24.2 Å². The molecule has 1 aromatic carbocycles. The summed E-state index contributed by atoms with van der Waals surface area (Å²) in [5.41, 5.74) is 1.58. The molecule has 1 aliphatic heterocycles. The summed E-state index contributed by atoms with van der Waals surface area (Å²) in [6, 6.07) is 5.94. The van der Waals surface area contributed by atoms with Crippen molar-refractivity contribution in [3.05, 3.63) is 23.8 Å². The summed E-state index contributed by atoms with van der Waals surface area (Å²) < 4.78 is 10.7. The fourth-order valence-electron chi connectivity index (χ4n) is 3.49. The Morgan fingerprint density at radius 1 is 1.15 bits per heavy atom. The van der Waals surface area contributed by atoms with Crippen LogP contribution in [0.5, 0.6) is 11.5 Å². The number of oxime groups is 1. The third-order valence-corrected chi connectivity index (χ3v) is 5.20. The van der Waals surface area contributed by atoms with Crippen LogP contribution >= 0.6 is 0 Å². The number of carbonyl (C=O) groups excluding carboxylic acids is 1. The number of carbonyl (C=O) groups is 1. The third-order valence-electron chi connectivity index (χ3n) is 5.20. The lowest BCUT2D eigenvalue weighted by molar-refractivity contribution is -0.137. The average molecular weight is 360 g/mol. The van der Waals surface area contributed by atoms with Crippen LogP contribution in [-0.4, -0.2) is 43.0 Å². The minimum absolute atomic E-state index is 0.0159. The molecule has 6 nitrogen and oxygen atoms in total. The van der Waals surface area contributed by atoms with Gasteiger partial charge in [0.1, 0.15) is 0 Å². The van der Waals surface area contributed by atoms with Crippen LogP contribution in [0, 0.1) is 0 Å². The van der Waals surface area contributed by atoms with E-state index in [2.05, 4.69) is 5.16 Å². The van der Waals surface area contributed by atoms with Gasteiger partial charge in [0.25, 0.3) is 5.91 Å². The van der Waals surface area contributed by atoms with Crippen molar-refractivity contribution in [1.29, 1.82) is 0 Å². The monoisotopic (exact) mass is 360 g/mol. The summed E-state index contributed by atoms with van der Waals surface area (Å²) in [4.78, 5) is 19.6. The van der Waals surface area contributed by atoms with E-state index < -0.39 is 0 Å². The molecule has 0 saturated heterocycles. The van der Waals surface area contributed by atoms with E-state index in [1.54, 1.807) is 0 Å². The van der Waals surface area contributed by atoms with Crippen molar-refractivity contribution < 1.29 is 19.1 Å². The van der Waals surface area contributed by atoms with Crippen molar-refractivity contribution >= 4 is 11.6 Å². The van der Waals surface area contributed by atoms with Gasteiger partial charge in [0.2, 0.25) is 6.79 Å². The maximum absolute atomic E-state index is 12.4. The third kappa shape index (κ3) is 4.68. The summed E-state index contributed by atoms with van der Waals surface area (Å²) in [6.07, 6.45) is 8.43. The molecule has 1 saturated carbocycles. The van der Waals surface area contributed by atoms with Gasteiger partial charge in [-0.15, -0.1) is 0 Å². The second-order valence-electron chi connectivity index (χ2n) is 7.02. The van der Waals surface area contributed by atoms with Crippen LogP contribution in [0.15, 0.2) is 23.4 Å². The Kier molecular flexibility index (Phi) is 6.36. The zero-order valence-corrected chi connectivity index (χ0v) is 15.7. The van der Waals surface area contributed by atoms with E-state index >= 15 is 0 Å². The Morgan fingerprint density at radius 3 is 2.62 bits per heavy atom. The lowest BCUT2D eigenvalue weighted by Crippen LogP contribution is -2.39. The highest BCUT2D eigenvalue weighted by molar-refractivity contribution is 5.99. The van der Waals surface area contributed by atoms with Gasteiger partial charge in [0.15, 0.2) is 18.1 Å². The fourth-order valence-corrected chi connectivity index (χ4v) is 3.49. The molecule has 3 rings (SSSR count). The van der Waals surface area contributed by atoms with Gasteiger partial charge in [-0.3, -0.25) is 4.79 Å². The molecule has 0 atom stereocenters. The molecular weight excluding hydrogens is 332 g/mol. The molecule has 6 heteroatoms. The molecule has 1 aromatic rings. The molecule has 0 bridgehead atoms. The summed E-state index contributed by atoms with van der Waals surface area (Å²) in [5.74, 6) is 1.42. The molecule has 26 heavy (non-hydrogen) atoms. The predicted molar refractivity (Wildman–Crippen MR) is 99.6 cm³/mol. The molecule has 0 unspecified atom stereocenters. The van der Waals surface area contributed by atoms with Gasteiger partial charge in [-0.25, -0.2) is 0 Å². The minimum Gasteiger partial charge on any atom is -0.454 e. The number of benzene rings is 1. The lowest BCUT2D eigenvalue weighted by Gasteiger charge is -2.29. The number of hydrogen-bond acceptors (Lipinski definition) is 5. The Balaban J connectivity index is 1.51. The Labute approximate surface area is 155 Å². The first-order valence-electron chi connectivity index (χ1n) is 9.47. The quantitative estimate of drug-likeness (QED) is 0.593. The van der Waals surface area contributed by atoms with E-state index in [4.69, 9.17) is 14.3 Å². The lowest BCUT2D eigenvalue weighted by atomic mass is 9.96. The van der Waals surface area contributed by atoms with Gasteiger partial charge in [-0.05, 0) is 38.0 Å². The van der Waals surface area contributed by atoms with Crippen LogP contribution in [0.3, 0.4) is 0 Å². The van der Waals surface area contributed by atoms with E-state index in [-0.39, 0.29) is 19.3 Å². The second kappa shape index (κ2) is 8.92. The fraction of sp³-hybridized carbons (Fsp3) is 0.600. The average Bonchev–Trinajstić information content (AvgIpc) is 3.08. The number of ether oxygens (including phenoxy) is 2. The van der Waals surface area contributed by atoms with Crippen molar-refractivity contribution in [2.24, 2.45) is 5.16 Å². The van der Waals surface area contributed by atoms with Crippen molar-refractivity contribution in [1.82, 2.24) is 4.90 Å². The van der Waals surface area contributed by atoms with Gasteiger partial charge in [-0.2, -0.15) is 0 Å². The normalized spacial score (nSPS) is 18.2. The molecule has 0 spiro atoms. The summed E-state index contributed by atoms with van der Waals surface area (Å²) in [5, 5.41) is 4.09. The van der Waals surface area contributed by atoms with Crippen LogP contribution in [0.2, 0.25) is 0 Å². The first-order valence-corrected chi connectivity index (χ1v) is 9.47. The van der Waals surface area contributed by atoms with E-state index in [9.17, 15) is 4.79 Å². The Hall–Kier alpha value is -2.24. The second-order valence-corrected chi connectivity index (χ2v) is 7.02. The molecular formula is C20H28N2O4. The van der Waals surface area contributed by atoms with Crippen LogP contribution in [-0.2, 0) is 9.63 Å². The zero-order chi connectivity index (χ0) is 18.4. The highest BCUT2D eigenvalue weighted by Crippen LogP contribution is 2.32. The maximum atomic E-state index is 12.4. The molecule has 1 amide bonds. The Morgan fingerprint density at radius 2 is 1.85 bits per heavy atom. The van der Waals surface area contributed by atoms with Crippen molar-refractivity contribution in [2.75, 3.05) is 20.4 Å². The van der Waals surface area contributed by atoms with E-state index in [1.165, 1.54) is 32.1 Å². The molecule has 0 N–H and O–H groups in total. The number of rotatable bonds is 5. The molecule has 1 aliphatic carbocycles. The number of amides is 1. The van der Waals surface area contributed by atoms with Gasteiger partial charge in [0, 0.05) is 18.7 Å². The largest absolute Gasteiger partial charge is 0.454 e. The van der Waals surface area contributed by atoms with Gasteiger partial charge >= 0.3 is 0 Å². The van der Waals surface area contributed by atoms with Gasteiger partial charge in [0.05, 0.1) is 5.71 Å². The van der Waals surface area contributed by atoms with Crippen LogP contribution in [0.4, 0.5) is 0 Å². The molecule has 142 valence electrons. The molecule has 1 heterocycles. The van der Waals surface area contributed by atoms with Crippen LogP contribution in [0.1, 0.15) is 57.4 Å². The van der Waals surface area contributed by atoms with Gasteiger partial charge in [-0.1, -0.05) is 37.3 Å². The van der Waals surface area contributed by atoms with Crippen molar-refractivity contribution in [3.63, 3.8) is 0 Å². The minimum atomic E-state index is -0.0328. The molecule has 2 aliphatic rings. The molecule has 0 radical (unpaired) electrons. The predicted octanol–water partition coefficient (Wildman–Crippen LogP) is 3.73. The standard InChI is InChI=1S/C20H28N2O4/c1-15(16-10-11-18-19(12-16)25-14-24-18)21-26-13-20(23)22(2)17-8-6-4-3-5-7-9-17/h10-12,17H,3-9,13-14H2,1-2H3/b21-15+. The highest BCUT2D eigenvalue weighted by atomic mass is 16.7. The Bertz CT molecular complexity index is 651. The van der Waals surface area contributed by atoms with Gasteiger partial charge < -0.3 is 19.2 Å². The maximum Gasteiger partial charge on any atom is 0.263 e. The van der Waals surface area contributed by atoms with Crippen LogP contribution < -0.4 is 9.47 Å². The topological polar surface area (TPSA) is 60.4 Å². The number of hydrogen-bond donors (Lipinski definition) is 0. The smallest absolute Gasteiger partial charge is 0.263 e. The highest BCUT2D eigenvalue weighted by Gasteiger charge is 2.21. The zero-order valence-electron chi connectivity index (χ0n) is 15.7. The first kappa shape index (κ1) is 18.5. The number of fused-ring (bicyclic) bond motifs is 1. The summed E-state index contributed by atoms with van der Waals surface area (Å²) in [6.45, 7) is 2.06. The summed E-state index contributed by atoms with van der Waals surface area (Å²) >= 11 is 0. The summed E-state index contributed by atoms with van der Waals surface area (Å²) in [7, 11) is 1.88. The van der Waals surface area contributed by atoms with E-state index in [1.807, 2.05) is 37.1 Å². The van der Waals surface area contributed by atoms with E-state index in [0.29, 0.717) is 17.5 Å². The first-order chi connectivity index (χ1) is 12.6. The SMILES string of the molecule is C/C(=N\OCC(=O)N(C)C1CCCCCCC1)c1ccc2c(c1)OCO2. The number of likely N-dealkylation sites (N-methyl/N-ethyl adjacent to an activating group) is 1. The van der Waals surface area contributed by atoms with Crippen molar-refractivity contribution in [3.8, 4) is 11.5 Å². The number of nitrogens with zero attached hydrogens (tertiary/aromatic N) is 2. The van der Waals surface area contributed by atoms with Crippen LogP contribution in [0.25, 0.3) is 0 Å². The molecule has 0 aromatic heterocycles. The van der Waals surface area contributed by atoms with Crippen molar-refractivity contribution in [2.45, 2.75) is 57.9 Å².